The number of hydrogen-bond acceptors (Lipinski definition) is 2. The van der Waals surface area contributed by atoms with E-state index in [9.17, 15) is 9.59 Å². The Labute approximate surface area is 66.4 Å². The Kier molecular flexibility index (Phi) is 4.50. The molecule has 3 nitrogen and oxygen atoms in total. The molecule has 0 amide bonds. The van der Waals surface area contributed by atoms with Crippen molar-refractivity contribution >= 4 is 11.8 Å². The van der Waals surface area contributed by atoms with Crippen LogP contribution in [0.25, 0.3) is 0 Å². The molecule has 1 N–H and O–H groups in total. The Morgan fingerprint density at radius 3 is 2.27 bits per heavy atom. The van der Waals surface area contributed by atoms with Crippen LogP contribution in [0.1, 0.15) is 33.1 Å². The number of Topliss-reactive ketones (excluding diaryl/α,β-unsaturated/α-hetero) is 1. The Hall–Kier alpha value is -0.860. The number of hydrogen-bond donors (Lipinski definition) is 1. The highest BCUT2D eigenvalue weighted by molar-refractivity contribution is 5.83. The number of carboxylic acid groups (broad SMARTS) is 1. The number of carboxylic acids is 1. The minimum absolute atomic E-state index is 0.00866. The van der Waals surface area contributed by atoms with E-state index in [-0.39, 0.29) is 24.5 Å². The standard InChI is InChI=1S/C8H14O3/c1-3-6(2)7(9)4-5-8(10)11/h6H,3-5H2,1-2H3,(H,10,11). The first-order chi connectivity index (χ1) is 5.07. The number of carbonyl (C=O) groups is 2. The third-order valence-electron chi connectivity index (χ3n) is 1.75. The molecule has 0 radical (unpaired) electrons. The van der Waals surface area contributed by atoms with E-state index in [0.29, 0.717) is 0 Å². The highest BCUT2D eigenvalue weighted by atomic mass is 16.4. The summed E-state index contributed by atoms with van der Waals surface area (Å²) in [6.07, 6.45) is 0.923. The SMILES string of the molecule is CCC(C)C(=O)CCC(=O)O. The van der Waals surface area contributed by atoms with E-state index in [0.717, 1.165) is 6.42 Å². The summed E-state index contributed by atoms with van der Waals surface area (Å²) in [5.41, 5.74) is 0. The summed E-state index contributed by atoms with van der Waals surface area (Å²) in [4.78, 5) is 21.1. The first-order valence-corrected chi connectivity index (χ1v) is 3.82. The first kappa shape index (κ1) is 10.1. The van der Waals surface area contributed by atoms with E-state index in [1.807, 2.05) is 13.8 Å². The fourth-order valence-corrected chi connectivity index (χ4v) is 0.704. The summed E-state index contributed by atoms with van der Waals surface area (Å²) in [5.74, 6) is -0.842. The average Bonchev–Trinajstić information content (AvgIpc) is 1.98. The topological polar surface area (TPSA) is 54.4 Å². The molecule has 0 rings (SSSR count). The second-order valence-corrected chi connectivity index (χ2v) is 2.67. The monoisotopic (exact) mass is 158 g/mol. The van der Waals surface area contributed by atoms with E-state index in [2.05, 4.69) is 0 Å². The molecule has 1 unspecified atom stereocenters. The Morgan fingerprint density at radius 1 is 1.36 bits per heavy atom. The molecular formula is C8H14O3. The van der Waals surface area contributed by atoms with Crippen molar-refractivity contribution in [2.75, 3.05) is 0 Å². The summed E-state index contributed by atoms with van der Waals surface area (Å²) in [6.45, 7) is 3.74. The van der Waals surface area contributed by atoms with Crippen molar-refractivity contribution in [2.24, 2.45) is 5.92 Å². The molecule has 0 bridgehead atoms. The maximum Gasteiger partial charge on any atom is 0.303 e. The van der Waals surface area contributed by atoms with Gasteiger partial charge in [0, 0.05) is 12.3 Å². The third-order valence-corrected chi connectivity index (χ3v) is 1.75. The van der Waals surface area contributed by atoms with Crippen LogP contribution in [0.3, 0.4) is 0 Å². The van der Waals surface area contributed by atoms with Crippen molar-refractivity contribution in [2.45, 2.75) is 33.1 Å². The van der Waals surface area contributed by atoms with Crippen LogP contribution in [0.4, 0.5) is 0 Å². The molecular weight excluding hydrogens is 144 g/mol. The molecule has 11 heavy (non-hydrogen) atoms. The lowest BCUT2D eigenvalue weighted by Gasteiger charge is -2.04. The number of carbonyl (C=O) groups excluding carboxylic acids is 1. The van der Waals surface area contributed by atoms with Gasteiger partial charge < -0.3 is 5.11 Å². The lowest BCUT2D eigenvalue weighted by Crippen LogP contribution is -2.11. The van der Waals surface area contributed by atoms with Crippen LogP contribution in [0.15, 0.2) is 0 Å². The molecule has 0 spiro atoms. The van der Waals surface area contributed by atoms with E-state index >= 15 is 0 Å². The summed E-state index contributed by atoms with van der Waals surface area (Å²) in [6, 6.07) is 0. The summed E-state index contributed by atoms with van der Waals surface area (Å²) in [7, 11) is 0. The smallest absolute Gasteiger partial charge is 0.303 e. The molecule has 0 aliphatic carbocycles. The number of ketones is 1. The zero-order valence-corrected chi connectivity index (χ0v) is 6.96. The molecule has 0 fully saturated rings. The second-order valence-electron chi connectivity index (χ2n) is 2.67. The molecule has 0 aliphatic rings. The molecule has 0 aromatic rings. The quantitative estimate of drug-likeness (QED) is 0.659. The van der Waals surface area contributed by atoms with E-state index in [1.54, 1.807) is 0 Å². The van der Waals surface area contributed by atoms with Crippen molar-refractivity contribution in [3.8, 4) is 0 Å². The van der Waals surface area contributed by atoms with Gasteiger partial charge in [0.2, 0.25) is 0 Å². The summed E-state index contributed by atoms with van der Waals surface area (Å²) >= 11 is 0. The van der Waals surface area contributed by atoms with Crippen LogP contribution in [0, 0.1) is 5.92 Å². The molecule has 0 aromatic heterocycles. The van der Waals surface area contributed by atoms with Gasteiger partial charge >= 0.3 is 5.97 Å². The Bertz CT molecular complexity index is 151. The zero-order chi connectivity index (χ0) is 8.85. The number of rotatable bonds is 5. The van der Waals surface area contributed by atoms with Gasteiger partial charge in [0.15, 0.2) is 0 Å². The van der Waals surface area contributed by atoms with Crippen LogP contribution in [0.2, 0.25) is 0 Å². The molecule has 0 saturated carbocycles. The molecule has 64 valence electrons. The van der Waals surface area contributed by atoms with Crippen molar-refractivity contribution < 1.29 is 14.7 Å². The highest BCUT2D eigenvalue weighted by Crippen LogP contribution is 2.06. The van der Waals surface area contributed by atoms with Gasteiger partial charge in [0.05, 0.1) is 6.42 Å². The van der Waals surface area contributed by atoms with Gasteiger partial charge in [-0.15, -0.1) is 0 Å². The Balaban J connectivity index is 3.60. The van der Waals surface area contributed by atoms with Crippen LogP contribution >= 0.6 is 0 Å². The highest BCUT2D eigenvalue weighted by Gasteiger charge is 2.11. The van der Waals surface area contributed by atoms with E-state index < -0.39 is 5.97 Å². The summed E-state index contributed by atoms with van der Waals surface area (Å²) < 4.78 is 0. The molecule has 0 heterocycles. The maximum atomic E-state index is 11.0. The molecule has 0 saturated heterocycles. The fraction of sp³-hybridized carbons (Fsp3) is 0.750. The second kappa shape index (κ2) is 4.88. The maximum absolute atomic E-state index is 11.0. The minimum Gasteiger partial charge on any atom is -0.481 e. The van der Waals surface area contributed by atoms with Gasteiger partial charge in [-0.05, 0) is 6.42 Å². The van der Waals surface area contributed by atoms with E-state index in [1.165, 1.54) is 0 Å². The van der Waals surface area contributed by atoms with Gasteiger partial charge in [-0.3, -0.25) is 9.59 Å². The summed E-state index contributed by atoms with van der Waals surface area (Å²) in [5, 5.41) is 8.26. The third kappa shape index (κ3) is 4.53. The van der Waals surface area contributed by atoms with Gasteiger partial charge in [-0.2, -0.15) is 0 Å². The van der Waals surface area contributed by atoms with Crippen molar-refractivity contribution in [1.29, 1.82) is 0 Å². The normalized spacial score (nSPS) is 12.5. The largest absolute Gasteiger partial charge is 0.481 e. The van der Waals surface area contributed by atoms with Gasteiger partial charge in [-0.1, -0.05) is 13.8 Å². The van der Waals surface area contributed by atoms with Crippen molar-refractivity contribution in [3.05, 3.63) is 0 Å². The first-order valence-electron chi connectivity index (χ1n) is 3.82. The van der Waals surface area contributed by atoms with Crippen LogP contribution in [0.5, 0.6) is 0 Å². The predicted octanol–water partition coefficient (Wildman–Crippen LogP) is 1.47. The van der Waals surface area contributed by atoms with Gasteiger partial charge in [-0.25, -0.2) is 0 Å². The Morgan fingerprint density at radius 2 is 1.91 bits per heavy atom. The molecule has 3 heteroatoms. The minimum atomic E-state index is -0.901. The lowest BCUT2D eigenvalue weighted by molar-refractivity contribution is -0.139. The molecule has 0 aromatic carbocycles. The van der Waals surface area contributed by atoms with Crippen LogP contribution in [-0.2, 0) is 9.59 Å². The van der Waals surface area contributed by atoms with Crippen LogP contribution in [-0.4, -0.2) is 16.9 Å². The molecule has 1 atom stereocenters. The number of aliphatic carboxylic acids is 1. The van der Waals surface area contributed by atoms with Gasteiger partial charge in [0.25, 0.3) is 0 Å². The fourth-order valence-electron chi connectivity index (χ4n) is 0.704. The predicted molar refractivity (Wildman–Crippen MR) is 41.3 cm³/mol. The van der Waals surface area contributed by atoms with Crippen LogP contribution < -0.4 is 0 Å². The van der Waals surface area contributed by atoms with E-state index in [4.69, 9.17) is 5.11 Å². The lowest BCUT2D eigenvalue weighted by atomic mass is 10.0. The molecule has 0 aliphatic heterocycles. The average molecular weight is 158 g/mol. The zero-order valence-electron chi connectivity index (χ0n) is 6.96. The van der Waals surface area contributed by atoms with Crippen molar-refractivity contribution in [3.63, 3.8) is 0 Å². The van der Waals surface area contributed by atoms with Gasteiger partial charge in [0.1, 0.15) is 5.78 Å². The van der Waals surface area contributed by atoms with Crippen molar-refractivity contribution in [1.82, 2.24) is 0 Å².